The number of anilines is 2. The second-order valence-corrected chi connectivity index (χ2v) is 8.26. The Morgan fingerprint density at radius 2 is 1.78 bits per heavy atom. The largest absolute Gasteiger partial charge is 0.503 e. The maximum Gasteiger partial charge on any atom is 0.282 e. The Balaban J connectivity index is 1.66. The molecule has 0 amide bonds. The van der Waals surface area contributed by atoms with Crippen molar-refractivity contribution in [1.82, 2.24) is 24.1 Å². The van der Waals surface area contributed by atoms with Gasteiger partial charge in [0.05, 0.1) is 17.3 Å². The van der Waals surface area contributed by atoms with E-state index in [2.05, 4.69) is 20.4 Å². The van der Waals surface area contributed by atoms with Gasteiger partial charge in [0, 0.05) is 6.20 Å². The van der Waals surface area contributed by atoms with E-state index in [-0.39, 0.29) is 28.3 Å². The quantitative estimate of drug-likeness (QED) is 0.341. The summed E-state index contributed by atoms with van der Waals surface area (Å²) in [6.45, 7) is 3.60. The normalized spacial score (nSPS) is 12.1. The molecule has 0 aliphatic heterocycles. The van der Waals surface area contributed by atoms with E-state index in [9.17, 15) is 18.7 Å². The van der Waals surface area contributed by atoms with Crippen molar-refractivity contribution in [2.75, 3.05) is 11.1 Å². The summed E-state index contributed by atoms with van der Waals surface area (Å²) in [4.78, 5) is 21.7. The van der Waals surface area contributed by atoms with Crippen molar-refractivity contribution >= 4 is 17.2 Å². The van der Waals surface area contributed by atoms with Gasteiger partial charge in [0.15, 0.2) is 23.2 Å². The summed E-state index contributed by atoms with van der Waals surface area (Å²) in [6.07, 6.45) is 2.91. The number of benzene rings is 2. The number of nitrogens with zero attached hydrogens (tertiary/aromatic N) is 5. The Bertz CT molecular complexity index is 1640. The fourth-order valence-electron chi connectivity index (χ4n) is 4.11. The van der Waals surface area contributed by atoms with E-state index in [4.69, 9.17) is 5.73 Å². The molecule has 3 heterocycles. The first-order valence-corrected chi connectivity index (χ1v) is 11.0. The predicted octanol–water partition coefficient (Wildman–Crippen LogP) is 3.99. The number of nitrogen functional groups attached to an aromatic ring is 1. The highest BCUT2D eigenvalue weighted by Gasteiger charge is 2.23. The van der Waals surface area contributed by atoms with Crippen LogP contribution in [0.15, 0.2) is 65.8 Å². The van der Waals surface area contributed by atoms with Gasteiger partial charge in [-0.3, -0.25) is 9.36 Å². The average molecular weight is 489 g/mol. The minimum Gasteiger partial charge on any atom is -0.503 e. The molecule has 3 aromatic heterocycles. The maximum absolute atomic E-state index is 14.1. The van der Waals surface area contributed by atoms with Crippen LogP contribution in [0.1, 0.15) is 24.4 Å². The molecule has 5 rings (SSSR count). The summed E-state index contributed by atoms with van der Waals surface area (Å²) in [5.74, 6) is -2.91. The molecule has 9 nitrogen and oxygen atoms in total. The summed E-state index contributed by atoms with van der Waals surface area (Å²) in [5, 5.41) is 17.3. The molecule has 0 aliphatic rings. The molecule has 0 bridgehead atoms. The van der Waals surface area contributed by atoms with Crippen molar-refractivity contribution in [2.24, 2.45) is 0 Å². The third-order valence-corrected chi connectivity index (χ3v) is 5.85. The van der Waals surface area contributed by atoms with E-state index in [1.807, 2.05) is 25.1 Å². The number of aryl methyl sites for hydroxylation is 1. The molecule has 11 heteroatoms. The molecule has 5 aromatic rings. The summed E-state index contributed by atoms with van der Waals surface area (Å²) in [7, 11) is 0. The van der Waals surface area contributed by atoms with Gasteiger partial charge in [0.1, 0.15) is 23.5 Å². The second kappa shape index (κ2) is 8.77. The van der Waals surface area contributed by atoms with Crippen molar-refractivity contribution in [3.8, 4) is 22.6 Å². The van der Waals surface area contributed by atoms with Gasteiger partial charge in [-0.15, -0.1) is 0 Å². The molecular formula is C25H21F2N7O2. The van der Waals surface area contributed by atoms with Crippen molar-refractivity contribution < 1.29 is 13.9 Å². The van der Waals surface area contributed by atoms with Crippen molar-refractivity contribution in [3.63, 3.8) is 0 Å². The minimum absolute atomic E-state index is 0.0282. The summed E-state index contributed by atoms with van der Waals surface area (Å²) in [5.41, 5.74) is 7.80. The number of nitrogens with one attached hydrogen (secondary N) is 1. The number of rotatable bonds is 5. The lowest BCUT2D eigenvalue weighted by molar-refractivity contribution is 0.396. The van der Waals surface area contributed by atoms with E-state index in [1.54, 1.807) is 31.3 Å². The van der Waals surface area contributed by atoms with Crippen LogP contribution in [0.3, 0.4) is 0 Å². The van der Waals surface area contributed by atoms with Gasteiger partial charge >= 0.3 is 0 Å². The number of nitrogens with two attached hydrogens (primary N) is 1. The highest BCUT2D eigenvalue weighted by Crippen LogP contribution is 2.35. The first-order chi connectivity index (χ1) is 17.3. The number of hydrogen-bond donors (Lipinski definition) is 3. The van der Waals surface area contributed by atoms with E-state index in [1.165, 1.54) is 15.4 Å². The number of phenols is 1. The van der Waals surface area contributed by atoms with Gasteiger partial charge in [-0.1, -0.05) is 18.2 Å². The van der Waals surface area contributed by atoms with Crippen LogP contribution in [0.5, 0.6) is 5.75 Å². The molecule has 4 N–H and O–H groups in total. The van der Waals surface area contributed by atoms with Crippen molar-refractivity contribution in [1.29, 1.82) is 0 Å². The fourth-order valence-corrected chi connectivity index (χ4v) is 4.11. The lowest BCUT2D eigenvalue weighted by Crippen LogP contribution is -2.29. The molecule has 1 unspecified atom stereocenters. The third kappa shape index (κ3) is 3.80. The smallest absolute Gasteiger partial charge is 0.282 e. The number of aromatic nitrogens is 5. The van der Waals surface area contributed by atoms with Gasteiger partial charge in [0.2, 0.25) is 0 Å². The maximum atomic E-state index is 14.1. The van der Waals surface area contributed by atoms with Crippen molar-refractivity contribution in [2.45, 2.75) is 19.9 Å². The van der Waals surface area contributed by atoms with E-state index in [0.717, 1.165) is 17.7 Å². The van der Waals surface area contributed by atoms with Crippen LogP contribution in [0.4, 0.5) is 20.4 Å². The molecule has 0 spiro atoms. The van der Waals surface area contributed by atoms with Crippen LogP contribution < -0.4 is 16.6 Å². The Hall–Kier alpha value is -4.80. The summed E-state index contributed by atoms with van der Waals surface area (Å²) in [6, 6.07) is 12.1. The van der Waals surface area contributed by atoms with Crippen LogP contribution in [0.25, 0.3) is 22.3 Å². The molecule has 2 aromatic carbocycles. The number of fused-ring (bicyclic) bond motifs is 1. The lowest BCUT2D eigenvalue weighted by atomic mass is 10.1. The van der Waals surface area contributed by atoms with Gasteiger partial charge in [-0.05, 0) is 55.3 Å². The topological polar surface area (TPSA) is 123 Å². The minimum atomic E-state index is -1.15. The Morgan fingerprint density at radius 3 is 2.47 bits per heavy atom. The van der Waals surface area contributed by atoms with Crippen LogP contribution in [0, 0.1) is 18.6 Å². The van der Waals surface area contributed by atoms with E-state index >= 15 is 0 Å². The standard InChI is InChI=1S/C25H21F2N7O2/c1-13-8-9-33-20(13)25(36)34(16-6-4-3-5-7-16)24(32-33)14(2)31-23-19(22(28)29-12-30-23)15-10-17(26)21(35)18(27)11-15/h3-12,14,35H,1-2H3,(H3,28,29,30,31). The molecule has 0 radical (unpaired) electrons. The molecule has 0 saturated carbocycles. The van der Waals surface area contributed by atoms with Crippen LogP contribution in [0.2, 0.25) is 0 Å². The zero-order valence-electron chi connectivity index (χ0n) is 19.3. The molecule has 1 atom stereocenters. The van der Waals surface area contributed by atoms with Crippen LogP contribution in [-0.4, -0.2) is 29.3 Å². The van der Waals surface area contributed by atoms with Gasteiger partial charge in [-0.2, -0.15) is 5.10 Å². The first kappa shape index (κ1) is 23.0. The second-order valence-electron chi connectivity index (χ2n) is 8.26. The van der Waals surface area contributed by atoms with Gasteiger partial charge in [-0.25, -0.2) is 23.3 Å². The molecule has 0 aliphatic carbocycles. The van der Waals surface area contributed by atoms with Gasteiger partial charge in [0.25, 0.3) is 5.56 Å². The zero-order chi connectivity index (χ0) is 25.6. The summed E-state index contributed by atoms with van der Waals surface area (Å²) < 4.78 is 31.2. The van der Waals surface area contributed by atoms with Crippen LogP contribution >= 0.6 is 0 Å². The van der Waals surface area contributed by atoms with E-state index in [0.29, 0.717) is 17.0 Å². The SMILES string of the molecule is Cc1ccn2nc(C(C)Nc3ncnc(N)c3-c3cc(F)c(O)c(F)c3)n(-c3ccccc3)c(=O)c12. The molecule has 0 saturated heterocycles. The fraction of sp³-hybridized carbons (Fsp3) is 0.120. The molecule has 36 heavy (non-hydrogen) atoms. The number of halogens is 2. The third-order valence-electron chi connectivity index (χ3n) is 5.85. The highest BCUT2D eigenvalue weighted by atomic mass is 19.1. The van der Waals surface area contributed by atoms with E-state index < -0.39 is 23.4 Å². The molecule has 182 valence electrons. The Kier molecular flexibility index (Phi) is 5.59. The predicted molar refractivity (Wildman–Crippen MR) is 131 cm³/mol. The number of aromatic hydroxyl groups is 1. The highest BCUT2D eigenvalue weighted by molar-refractivity contribution is 5.84. The molecular weight excluding hydrogens is 468 g/mol. The Morgan fingerprint density at radius 1 is 1.08 bits per heavy atom. The van der Waals surface area contributed by atoms with Gasteiger partial charge < -0.3 is 16.2 Å². The first-order valence-electron chi connectivity index (χ1n) is 11.0. The zero-order valence-corrected chi connectivity index (χ0v) is 19.3. The number of phenolic OH excluding ortho intramolecular Hbond substituents is 1. The van der Waals surface area contributed by atoms with Crippen LogP contribution in [-0.2, 0) is 0 Å². The number of para-hydroxylation sites is 1. The summed E-state index contributed by atoms with van der Waals surface area (Å²) >= 11 is 0. The lowest BCUT2D eigenvalue weighted by Gasteiger charge is -2.21. The Labute approximate surface area is 203 Å². The molecule has 0 fully saturated rings. The number of hydrogen-bond acceptors (Lipinski definition) is 7. The average Bonchev–Trinajstić information content (AvgIpc) is 3.23. The monoisotopic (exact) mass is 489 g/mol. The van der Waals surface area contributed by atoms with Crippen molar-refractivity contribution in [3.05, 3.63) is 94.4 Å².